The maximum Gasteiger partial charge on any atom is 0.233 e. The molecule has 2 saturated heterocycles. The molecule has 0 saturated carbocycles. The number of thioether (sulfide) groups is 1. The van der Waals surface area contributed by atoms with Crippen LogP contribution in [0.1, 0.15) is 6.42 Å². The number of benzene rings is 1. The minimum Gasteiger partial charge on any atom is -0.339 e. The largest absolute Gasteiger partial charge is 0.339 e. The van der Waals surface area contributed by atoms with Crippen LogP contribution >= 0.6 is 11.8 Å². The third kappa shape index (κ3) is 4.71. The summed E-state index contributed by atoms with van der Waals surface area (Å²) in [5.41, 5.74) is 0. The van der Waals surface area contributed by atoms with Crippen LogP contribution in [0.2, 0.25) is 0 Å². The number of hydrogen-bond donors (Lipinski definition) is 0. The molecule has 5 nitrogen and oxygen atoms in total. The molecule has 25 heavy (non-hydrogen) atoms. The van der Waals surface area contributed by atoms with E-state index in [9.17, 15) is 22.0 Å². The maximum atomic E-state index is 13.6. The number of nitrogens with zero attached hydrogens (tertiary/aromatic N) is 2. The quantitative estimate of drug-likeness (QED) is 0.728. The fourth-order valence-electron chi connectivity index (χ4n) is 3.22. The van der Waals surface area contributed by atoms with Crippen LogP contribution in [0.4, 0.5) is 8.78 Å². The SMILES string of the molecule is O=C(CSc1cc(F)ccc1F)N1CCN([C@@H]2CCS(=O)(=O)C2)CC1. The first kappa shape index (κ1) is 18.6. The lowest BCUT2D eigenvalue weighted by atomic mass is 10.2. The number of hydrogen-bond acceptors (Lipinski definition) is 5. The van der Waals surface area contributed by atoms with Crippen molar-refractivity contribution in [2.45, 2.75) is 17.4 Å². The van der Waals surface area contributed by atoms with Crippen molar-refractivity contribution in [1.29, 1.82) is 0 Å². The van der Waals surface area contributed by atoms with Crippen molar-refractivity contribution in [2.75, 3.05) is 43.4 Å². The third-order valence-electron chi connectivity index (χ3n) is 4.64. The van der Waals surface area contributed by atoms with Crippen molar-refractivity contribution in [1.82, 2.24) is 9.80 Å². The highest BCUT2D eigenvalue weighted by atomic mass is 32.2. The Morgan fingerprint density at radius 1 is 1.20 bits per heavy atom. The second-order valence-corrected chi connectivity index (χ2v) is 9.58. The van der Waals surface area contributed by atoms with E-state index in [1.54, 1.807) is 4.90 Å². The van der Waals surface area contributed by atoms with Gasteiger partial charge in [0.05, 0.1) is 17.3 Å². The summed E-state index contributed by atoms with van der Waals surface area (Å²) in [6.45, 7) is 2.35. The molecule has 138 valence electrons. The number of carbonyl (C=O) groups excluding carboxylic acids is 1. The average molecular weight is 390 g/mol. The van der Waals surface area contributed by atoms with E-state index in [0.717, 1.165) is 30.0 Å². The molecule has 1 amide bonds. The first-order valence-electron chi connectivity index (χ1n) is 8.14. The Hall–Kier alpha value is -1.19. The summed E-state index contributed by atoms with van der Waals surface area (Å²) in [5, 5.41) is 0. The van der Waals surface area contributed by atoms with Gasteiger partial charge in [-0.05, 0) is 24.6 Å². The molecular formula is C16H20F2N2O3S2. The van der Waals surface area contributed by atoms with Gasteiger partial charge < -0.3 is 4.90 Å². The highest BCUT2D eigenvalue weighted by Gasteiger charge is 2.34. The first-order chi connectivity index (χ1) is 11.8. The second kappa shape index (κ2) is 7.59. The third-order valence-corrected chi connectivity index (χ3v) is 7.40. The van der Waals surface area contributed by atoms with E-state index in [0.29, 0.717) is 32.6 Å². The second-order valence-electron chi connectivity index (χ2n) is 6.34. The zero-order valence-corrected chi connectivity index (χ0v) is 15.3. The number of halogens is 2. The topological polar surface area (TPSA) is 57.7 Å². The van der Waals surface area contributed by atoms with Gasteiger partial charge in [0.15, 0.2) is 9.84 Å². The fourth-order valence-corrected chi connectivity index (χ4v) is 5.84. The molecule has 0 radical (unpaired) electrons. The summed E-state index contributed by atoms with van der Waals surface area (Å²) >= 11 is 0.990. The van der Waals surface area contributed by atoms with Gasteiger partial charge in [-0.15, -0.1) is 11.8 Å². The van der Waals surface area contributed by atoms with Crippen LogP contribution in [0.3, 0.4) is 0 Å². The van der Waals surface area contributed by atoms with Crippen molar-refractivity contribution in [3.8, 4) is 0 Å². The summed E-state index contributed by atoms with van der Waals surface area (Å²) < 4.78 is 49.9. The summed E-state index contributed by atoms with van der Waals surface area (Å²) in [6, 6.07) is 3.24. The summed E-state index contributed by atoms with van der Waals surface area (Å²) in [7, 11) is -2.91. The molecule has 3 rings (SSSR count). The molecule has 0 bridgehead atoms. The molecule has 9 heteroatoms. The average Bonchev–Trinajstić information content (AvgIpc) is 2.95. The van der Waals surface area contributed by atoms with Gasteiger partial charge in [0.25, 0.3) is 0 Å². The molecular weight excluding hydrogens is 370 g/mol. The van der Waals surface area contributed by atoms with Crippen molar-refractivity contribution >= 4 is 27.5 Å². The van der Waals surface area contributed by atoms with Gasteiger partial charge in [0, 0.05) is 37.1 Å². The molecule has 0 N–H and O–H groups in total. The number of rotatable bonds is 4. The molecule has 2 fully saturated rings. The fraction of sp³-hybridized carbons (Fsp3) is 0.562. The van der Waals surface area contributed by atoms with Crippen molar-refractivity contribution in [3.63, 3.8) is 0 Å². The Balaban J connectivity index is 1.48. The normalized spacial score (nSPS) is 23.8. The molecule has 1 aromatic carbocycles. The number of amides is 1. The summed E-state index contributed by atoms with van der Waals surface area (Å²) in [5.74, 6) is -0.684. The Kier molecular flexibility index (Phi) is 5.65. The molecule has 1 atom stereocenters. The Labute approximate surface area is 150 Å². The molecule has 2 aliphatic rings. The van der Waals surface area contributed by atoms with Gasteiger partial charge in [0.1, 0.15) is 11.6 Å². The van der Waals surface area contributed by atoms with Crippen LogP contribution in [-0.4, -0.2) is 73.6 Å². The number of sulfone groups is 1. The predicted octanol–water partition coefficient (Wildman–Crippen LogP) is 1.39. The summed E-state index contributed by atoms with van der Waals surface area (Å²) in [4.78, 5) is 16.2. The molecule has 2 heterocycles. The van der Waals surface area contributed by atoms with E-state index in [4.69, 9.17) is 0 Å². The highest BCUT2D eigenvalue weighted by Crippen LogP contribution is 2.24. The van der Waals surface area contributed by atoms with Crippen LogP contribution in [-0.2, 0) is 14.6 Å². The van der Waals surface area contributed by atoms with Crippen LogP contribution in [0.5, 0.6) is 0 Å². The Bertz CT molecular complexity index is 750. The minimum absolute atomic E-state index is 0.0537. The molecule has 0 aromatic heterocycles. The van der Waals surface area contributed by atoms with Gasteiger partial charge >= 0.3 is 0 Å². The van der Waals surface area contributed by atoms with Gasteiger partial charge in [-0.2, -0.15) is 0 Å². The van der Waals surface area contributed by atoms with E-state index < -0.39 is 21.5 Å². The molecule has 1 aromatic rings. The van der Waals surface area contributed by atoms with E-state index in [1.807, 2.05) is 0 Å². The summed E-state index contributed by atoms with van der Waals surface area (Å²) in [6.07, 6.45) is 0.658. The Morgan fingerprint density at radius 3 is 2.56 bits per heavy atom. The van der Waals surface area contributed by atoms with Crippen LogP contribution in [0.15, 0.2) is 23.1 Å². The lowest BCUT2D eigenvalue weighted by molar-refractivity contribution is -0.130. The zero-order valence-electron chi connectivity index (χ0n) is 13.7. The standard InChI is InChI=1S/C16H20F2N2O3S2/c17-12-1-2-14(18)15(9-12)24-10-16(21)20-6-4-19(5-7-20)13-3-8-25(22,23)11-13/h1-2,9,13H,3-8,10-11H2/t13-/m1/s1. The van der Waals surface area contributed by atoms with Gasteiger partial charge in [0.2, 0.25) is 5.91 Å². The van der Waals surface area contributed by atoms with E-state index in [-0.39, 0.29) is 34.1 Å². The monoisotopic (exact) mass is 390 g/mol. The van der Waals surface area contributed by atoms with E-state index in [2.05, 4.69) is 4.90 Å². The van der Waals surface area contributed by atoms with Crippen LogP contribution < -0.4 is 0 Å². The molecule has 0 unspecified atom stereocenters. The lowest BCUT2D eigenvalue weighted by Gasteiger charge is -2.37. The number of carbonyl (C=O) groups is 1. The van der Waals surface area contributed by atoms with Crippen LogP contribution in [0, 0.1) is 11.6 Å². The molecule has 0 spiro atoms. The lowest BCUT2D eigenvalue weighted by Crippen LogP contribution is -2.52. The molecule has 0 aliphatic carbocycles. The predicted molar refractivity (Wildman–Crippen MR) is 92.3 cm³/mol. The van der Waals surface area contributed by atoms with Crippen LogP contribution in [0.25, 0.3) is 0 Å². The van der Waals surface area contributed by atoms with Crippen molar-refractivity contribution < 1.29 is 22.0 Å². The minimum atomic E-state index is -2.91. The molecule has 2 aliphatic heterocycles. The van der Waals surface area contributed by atoms with Gasteiger partial charge in [-0.1, -0.05) is 0 Å². The van der Waals surface area contributed by atoms with E-state index in [1.165, 1.54) is 0 Å². The maximum absolute atomic E-state index is 13.6. The first-order valence-corrected chi connectivity index (χ1v) is 10.9. The number of piperazine rings is 1. The zero-order chi connectivity index (χ0) is 18.0. The van der Waals surface area contributed by atoms with Crippen molar-refractivity contribution in [2.24, 2.45) is 0 Å². The smallest absolute Gasteiger partial charge is 0.233 e. The van der Waals surface area contributed by atoms with Gasteiger partial charge in [-0.25, -0.2) is 17.2 Å². The highest BCUT2D eigenvalue weighted by molar-refractivity contribution is 8.00. The van der Waals surface area contributed by atoms with E-state index >= 15 is 0 Å². The van der Waals surface area contributed by atoms with Gasteiger partial charge in [-0.3, -0.25) is 9.69 Å². The van der Waals surface area contributed by atoms with Crippen molar-refractivity contribution in [3.05, 3.63) is 29.8 Å². The Morgan fingerprint density at radius 2 is 1.92 bits per heavy atom.